The van der Waals surface area contributed by atoms with Gasteiger partial charge >= 0.3 is 19.5 Å². The Hall–Kier alpha value is 0.463. The molecule has 0 radical (unpaired) electrons. The van der Waals surface area contributed by atoms with Gasteiger partial charge in [-0.2, -0.15) is 0 Å². The normalized spacial score (nSPS) is 22.4. The Morgan fingerprint density at radius 1 is 0.400 bits per heavy atom. The summed E-state index contributed by atoms with van der Waals surface area (Å²) in [5.41, 5.74) is 0. The summed E-state index contributed by atoms with van der Waals surface area (Å²) in [4.78, 5) is 0. The molecule has 1 fully saturated rings. The molecule has 0 saturated carbocycles. The number of hydrogen-bond donors (Lipinski definition) is 4. The van der Waals surface area contributed by atoms with Gasteiger partial charge in [0.25, 0.3) is 0 Å². The average molecular weight is 301 g/mol. The minimum Gasteiger partial charge on any atom is -0.315 e. The van der Waals surface area contributed by atoms with E-state index in [1.807, 2.05) is 0 Å². The first kappa shape index (κ1) is 15.5. The molecule has 4 nitrogen and oxygen atoms in total. The summed E-state index contributed by atoms with van der Waals surface area (Å²) >= 11 is 0. The molecule has 15 heavy (non-hydrogen) atoms. The van der Waals surface area contributed by atoms with E-state index in [0.29, 0.717) is 0 Å². The van der Waals surface area contributed by atoms with Crippen molar-refractivity contribution in [2.75, 3.05) is 52.4 Å². The molecule has 0 aromatic heterocycles. The molecule has 90 valence electrons. The third-order valence-electron chi connectivity index (χ3n) is 2.37. The Labute approximate surface area is 106 Å². The van der Waals surface area contributed by atoms with Crippen LogP contribution in [0.5, 0.6) is 0 Å². The fraction of sp³-hybridized carbons (Fsp3) is 1.00. The topological polar surface area (TPSA) is 48.1 Å². The first-order valence-electron chi connectivity index (χ1n) is 5.83. The molecule has 0 aromatic rings. The van der Waals surface area contributed by atoms with Gasteiger partial charge in [0.1, 0.15) is 0 Å². The quantitative estimate of drug-likeness (QED) is 0.440. The van der Waals surface area contributed by atoms with Crippen LogP contribution in [0.3, 0.4) is 0 Å². The molecule has 0 aromatic carbocycles. The minimum absolute atomic E-state index is 0. The van der Waals surface area contributed by atoms with Crippen LogP contribution in [0.2, 0.25) is 0 Å². The van der Waals surface area contributed by atoms with E-state index in [1.165, 1.54) is 12.8 Å². The van der Waals surface area contributed by atoms with Crippen LogP contribution < -0.4 is 21.3 Å². The van der Waals surface area contributed by atoms with Crippen molar-refractivity contribution < 1.29 is 19.5 Å². The van der Waals surface area contributed by atoms with Crippen molar-refractivity contribution in [1.29, 1.82) is 0 Å². The molecular weight excluding hydrogens is 277 g/mol. The predicted molar refractivity (Wildman–Crippen MR) is 60.7 cm³/mol. The molecule has 0 aliphatic carbocycles. The van der Waals surface area contributed by atoms with Crippen LogP contribution in [0.25, 0.3) is 0 Å². The monoisotopic (exact) mass is 302 g/mol. The van der Waals surface area contributed by atoms with E-state index in [2.05, 4.69) is 21.3 Å². The van der Waals surface area contributed by atoms with Gasteiger partial charge in [0, 0.05) is 26.2 Å². The molecule has 4 N–H and O–H groups in total. The molecule has 5 heteroatoms. The number of rotatable bonds is 0. The van der Waals surface area contributed by atoms with Crippen molar-refractivity contribution in [3.63, 3.8) is 0 Å². The van der Waals surface area contributed by atoms with Gasteiger partial charge in [0.15, 0.2) is 0 Å². The Bertz CT molecular complexity index is 70.7. The third kappa shape index (κ3) is 10.7. The molecule has 0 unspecified atom stereocenters. The zero-order valence-corrected chi connectivity index (χ0v) is 11.2. The summed E-state index contributed by atoms with van der Waals surface area (Å²) in [7, 11) is 0. The van der Waals surface area contributed by atoms with E-state index in [1.54, 1.807) is 0 Å². The second-order valence-electron chi connectivity index (χ2n) is 3.71. The van der Waals surface area contributed by atoms with E-state index in [0.717, 1.165) is 52.4 Å². The fourth-order valence-corrected chi connectivity index (χ4v) is 1.53. The second kappa shape index (κ2) is 12.5. The first-order chi connectivity index (χ1) is 7.00. The summed E-state index contributed by atoms with van der Waals surface area (Å²) in [5.74, 6) is 0. The molecule has 0 bridgehead atoms. The first-order valence-corrected chi connectivity index (χ1v) is 5.83. The molecule has 1 aliphatic rings. The van der Waals surface area contributed by atoms with Crippen LogP contribution in [0.4, 0.5) is 0 Å². The van der Waals surface area contributed by atoms with Gasteiger partial charge in [-0.05, 0) is 39.0 Å². The van der Waals surface area contributed by atoms with Crippen molar-refractivity contribution in [3.8, 4) is 0 Å². The number of nitrogens with one attached hydrogen (secondary N) is 4. The third-order valence-corrected chi connectivity index (χ3v) is 2.37. The second-order valence-corrected chi connectivity index (χ2v) is 3.71. The van der Waals surface area contributed by atoms with Crippen LogP contribution in [0, 0.1) is 0 Å². The van der Waals surface area contributed by atoms with E-state index >= 15 is 0 Å². The zero-order chi connectivity index (χ0) is 9.90. The van der Waals surface area contributed by atoms with Crippen LogP contribution >= 0.6 is 0 Å². The molecule has 1 heterocycles. The Morgan fingerprint density at radius 2 is 0.667 bits per heavy atom. The molecular formula is C10H24N4Ru+2. The van der Waals surface area contributed by atoms with Gasteiger partial charge in [-0.3, -0.25) is 0 Å². The van der Waals surface area contributed by atoms with Crippen LogP contribution in [0.15, 0.2) is 0 Å². The largest absolute Gasteiger partial charge is 2.00 e. The Balaban J connectivity index is 0.00000196. The Morgan fingerprint density at radius 3 is 0.933 bits per heavy atom. The van der Waals surface area contributed by atoms with E-state index in [9.17, 15) is 0 Å². The molecule has 0 atom stereocenters. The summed E-state index contributed by atoms with van der Waals surface area (Å²) < 4.78 is 0. The van der Waals surface area contributed by atoms with Gasteiger partial charge in [0.05, 0.1) is 0 Å². The van der Waals surface area contributed by atoms with Crippen LogP contribution in [-0.4, -0.2) is 52.4 Å². The van der Waals surface area contributed by atoms with Crippen molar-refractivity contribution in [2.24, 2.45) is 0 Å². The maximum Gasteiger partial charge on any atom is 2.00 e. The minimum atomic E-state index is 0. The van der Waals surface area contributed by atoms with Crippen LogP contribution in [0.1, 0.15) is 12.8 Å². The smallest absolute Gasteiger partial charge is 0.315 e. The van der Waals surface area contributed by atoms with Gasteiger partial charge < -0.3 is 21.3 Å². The van der Waals surface area contributed by atoms with Gasteiger partial charge in [-0.15, -0.1) is 0 Å². The molecule has 0 amide bonds. The predicted octanol–water partition coefficient (Wildman–Crippen LogP) is -0.864. The van der Waals surface area contributed by atoms with Crippen molar-refractivity contribution in [2.45, 2.75) is 12.8 Å². The standard InChI is InChI=1S/C10H24N4.Ru/c1-3-11-7-9-13-5-2-6-14-10-8-12-4-1;/h11-14H,1-10H2;/q;+2. The van der Waals surface area contributed by atoms with Crippen molar-refractivity contribution in [1.82, 2.24) is 21.3 Å². The maximum atomic E-state index is 3.42. The van der Waals surface area contributed by atoms with Gasteiger partial charge in [-0.1, -0.05) is 0 Å². The summed E-state index contributed by atoms with van der Waals surface area (Å²) in [6.07, 6.45) is 2.44. The molecule has 0 spiro atoms. The van der Waals surface area contributed by atoms with Gasteiger partial charge in [0.2, 0.25) is 0 Å². The summed E-state index contributed by atoms with van der Waals surface area (Å²) in [6, 6.07) is 0. The van der Waals surface area contributed by atoms with Crippen LogP contribution in [-0.2, 0) is 19.5 Å². The molecule has 1 rings (SSSR count). The van der Waals surface area contributed by atoms with Crippen molar-refractivity contribution >= 4 is 0 Å². The van der Waals surface area contributed by atoms with Gasteiger partial charge in [-0.25, -0.2) is 0 Å². The maximum absolute atomic E-state index is 3.42. The Kier molecular flexibility index (Phi) is 12.9. The summed E-state index contributed by atoms with van der Waals surface area (Å²) in [6.45, 7) is 8.87. The average Bonchev–Trinajstić information content (AvgIpc) is 2.22. The van der Waals surface area contributed by atoms with Crippen molar-refractivity contribution in [3.05, 3.63) is 0 Å². The summed E-state index contributed by atoms with van der Waals surface area (Å²) in [5, 5.41) is 13.7. The molecule has 1 saturated heterocycles. The van der Waals surface area contributed by atoms with E-state index < -0.39 is 0 Å². The number of hydrogen-bond acceptors (Lipinski definition) is 4. The van der Waals surface area contributed by atoms with E-state index in [4.69, 9.17) is 0 Å². The molecule has 1 aliphatic heterocycles. The zero-order valence-electron chi connectivity index (χ0n) is 9.42. The SMILES string of the molecule is C1CNCCNCCCNCCNC1.[Ru+2]. The van der Waals surface area contributed by atoms with E-state index in [-0.39, 0.29) is 19.5 Å². The fourth-order valence-electron chi connectivity index (χ4n) is 1.53.